The zero-order chi connectivity index (χ0) is 13.0. The summed E-state index contributed by atoms with van der Waals surface area (Å²) in [6.07, 6.45) is 3.94. The maximum atomic E-state index is 12.0. The van der Waals surface area contributed by atoms with Gasteiger partial charge in [0.1, 0.15) is 6.23 Å². The van der Waals surface area contributed by atoms with Crippen LogP contribution in [-0.2, 0) is 4.74 Å². The SMILES string of the molecule is CC(C)NC1OCCC1NC(=O)c1cccnc1. The number of nitrogens with one attached hydrogen (secondary N) is 2. The monoisotopic (exact) mass is 249 g/mol. The molecule has 1 amide bonds. The molecule has 2 unspecified atom stereocenters. The Morgan fingerprint density at radius 2 is 2.39 bits per heavy atom. The number of ether oxygens (including phenoxy) is 1. The van der Waals surface area contributed by atoms with Gasteiger partial charge in [0.25, 0.3) is 5.91 Å². The molecule has 2 atom stereocenters. The van der Waals surface area contributed by atoms with Crippen LogP contribution in [0.1, 0.15) is 30.6 Å². The van der Waals surface area contributed by atoms with Gasteiger partial charge in [0, 0.05) is 18.4 Å². The molecule has 2 N–H and O–H groups in total. The molecule has 1 aromatic heterocycles. The van der Waals surface area contributed by atoms with Gasteiger partial charge in [-0.05, 0) is 32.4 Å². The summed E-state index contributed by atoms with van der Waals surface area (Å²) in [5.41, 5.74) is 0.577. The van der Waals surface area contributed by atoms with E-state index in [-0.39, 0.29) is 18.2 Å². The molecule has 0 aromatic carbocycles. The number of hydrogen-bond acceptors (Lipinski definition) is 4. The fourth-order valence-electron chi connectivity index (χ4n) is 1.98. The van der Waals surface area contributed by atoms with Crippen molar-refractivity contribution in [2.75, 3.05) is 6.61 Å². The molecule has 2 heterocycles. The standard InChI is InChI=1S/C13H19N3O2/c1-9(2)15-13-11(5-7-18-13)16-12(17)10-4-3-6-14-8-10/h3-4,6,8-9,11,13,15H,5,7H2,1-2H3,(H,16,17). The van der Waals surface area contributed by atoms with E-state index >= 15 is 0 Å². The Bertz CT molecular complexity index is 394. The number of amides is 1. The molecule has 1 fully saturated rings. The minimum absolute atomic E-state index is 0.0140. The average molecular weight is 249 g/mol. The zero-order valence-corrected chi connectivity index (χ0v) is 10.7. The van der Waals surface area contributed by atoms with Crippen LogP contribution in [0, 0.1) is 0 Å². The summed E-state index contributed by atoms with van der Waals surface area (Å²) >= 11 is 0. The number of rotatable bonds is 4. The lowest BCUT2D eigenvalue weighted by Crippen LogP contribution is -2.49. The highest BCUT2D eigenvalue weighted by Gasteiger charge is 2.29. The lowest BCUT2D eigenvalue weighted by molar-refractivity contribution is 0.0602. The summed E-state index contributed by atoms with van der Waals surface area (Å²) in [5.74, 6) is -0.103. The van der Waals surface area contributed by atoms with Crippen molar-refractivity contribution in [3.05, 3.63) is 30.1 Å². The quantitative estimate of drug-likeness (QED) is 0.833. The molecule has 1 saturated heterocycles. The van der Waals surface area contributed by atoms with Gasteiger partial charge in [-0.3, -0.25) is 15.1 Å². The second-order valence-electron chi connectivity index (χ2n) is 4.72. The summed E-state index contributed by atoms with van der Waals surface area (Å²) in [4.78, 5) is 15.9. The van der Waals surface area contributed by atoms with Crippen molar-refractivity contribution in [3.63, 3.8) is 0 Å². The van der Waals surface area contributed by atoms with Crippen molar-refractivity contribution in [3.8, 4) is 0 Å². The van der Waals surface area contributed by atoms with Crippen molar-refractivity contribution >= 4 is 5.91 Å². The van der Waals surface area contributed by atoms with Gasteiger partial charge in [0.15, 0.2) is 0 Å². The van der Waals surface area contributed by atoms with E-state index in [9.17, 15) is 4.79 Å². The third kappa shape index (κ3) is 3.27. The molecule has 1 aromatic rings. The fourth-order valence-corrected chi connectivity index (χ4v) is 1.98. The van der Waals surface area contributed by atoms with Crippen LogP contribution in [-0.4, -0.2) is 35.8 Å². The normalized spacial score (nSPS) is 23.3. The first-order chi connectivity index (χ1) is 8.66. The minimum Gasteiger partial charge on any atom is -0.361 e. The van der Waals surface area contributed by atoms with Crippen LogP contribution in [0.25, 0.3) is 0 Å². The number of hydrogen-bond donors (Lipinski definition) is 2. The molecule has 1 aliphatic rings. The smallest absolute Gasteiger partial charge is 0.253 e. The minimum atomic E-state index is -0.106. The van der Waals surface area contributed by atoms with Crippen LogP contribution in [0.3, 0.4) is 0 Å². The number of nitrogens with zero attached hydrogens (tertiary/aromatic N) is 1. The van der Waals surface area contributed by atoms with Gasteiger partial charge in [-0.25, -0.2) is 0 Å². The van der Waals surface area contributed by atoms with Gasteiger partial charge in [-0.15, -0.1) is 0 Å². The highest BCUT2D eigenvalue weighted by atomic mass is 16.5. The lowest BCUT2D eigenvalue weighted by Gasteiger charge is -2.23. The van der Waals surface area contributed by atoms with Crippen LogP contribution in [0.4, 0.5) is 0 Å². The van der Waals surface area contributed by atoms with Crippen molar-refractivity contribution < 1.29 is 9.53 Å². The molecule has 18 heavy (non-hydrogen) atoms. The summed E-state index contributed by atoms with van der Waals surface area (Å²) in [6, 6.07) is 3.85. The number of carbonyl (C=O) groups is 1. The first-order valence-corrected chi connectivity index (χ1v) is 6.25. The van der Waals surface area contributed by atoms with Gasteiger partial charge >= 0.3 is 0 Å². The van der Waals surface area contributed by atoms with Crippen molar-refractivity contribution in [1.29, 1.82) is 0 Å². The van der Waals surface area contributed by atoms with Crippen LogP contribution in [0.2, 0.25) is 0 Å². The molecule has 0 spiro atoms. The van der Waals surface area contributed by atoms with E-state index < -0.39 is 0 Å². The average Bonchev–Trinajstić information content (AvgIpc) is 2.77. The topological polar surface area (TPSA) is 63.2 Å². The Kier molecular flexibility index (Phi) is 4.28. The first-order valence-electron chi connectivity index (χ1n) is 6.25. The molecule has 0 bridgehead atoms. The van der Waals surface area contributed by atoms with Crippen molar-refractivity contribution in [2.45, 2.75) is 38.6 Å². The van der Waals surface area contributed by atoms with E-state index in [0.717, 1.165) is 6.42 Å². The largest absolute Gasteiger partial charge is 0.361 e. The Balaban J connectivity index is 1.94. The molecule has 5 nitrogen and oxygen atoms in total. The van der Waals surface area contributed by atoms with E-state index in [0.29, 0.717) is 18.2 Å². The van der Waals surface area contributed by atoms with Crippen LogP contribution < -0.4 is 10.6 Å². The second kappa shape index (κ2) is 5.93. The summed E-state index contributed by atoms with van der Waals surface area (Å²) in [6.45, 7) is 4.78. The lowest BCUT2D eigenvalue weighted by atomic mass is 10.2. The fraction of sp³-hybridized carbons (Fsp3) is 0.538. The Morgan fingerprint density at radius 3 is 3.06 bits per heavy atom. The maximum Gasteiger partial charge on any atom is 0.253 e. The summed E-state index contributed by atoms with van der Waals surface area (Å²) in [7, 11) is 0. The maximum absolute atomic E-state index is 12.0. The number of pyridine rings is 1. The van der Waals surface area contributed by atoms with E-state index in [1.165, 1.54) is 0 Å². The number of carbonyl (C=O) groups excluding carboxylic acids is 1. The highest BCUT2D eigenvalue weighted by molar-refractivity contribution is 5.94. The van der Waals surface area contributed by atoms with Crippen LogP contribution in [0.15, 0.2) is 24.5 Å². The predicted octanol–water partition coefficient (Wildman–Crippen LogP) is 0.924. The molecular weight excluding hydrogens is 230 g/mol. The Hall–Kier alpha value is -1.46. The molecule has 98 valence electrons. The highest BCUT2D eigenvalue weighted by Crippen LogP contribution is 2.12. The van der Waals surface area contributed by atoms with E-state index in [2.05, 4.69) is 29.5 Å². The predicted molar refractivity (Wildman–Crippen MR) is 68.1 cm³/mol. The molecule has 5 heteroatoms. The first kappa shape index (κ1) is 13.0. The second-order valence-corrected chi connectivity index (χ2v) is 4.72. The van der Waals surface area contributed by atoms with Crippen molar-refractivity contribution in [1.82, 2.24) is 15.6 Å². The Morgan fingerprint density at radius 1 is 1.56 bits per heavy atom. The Labute approximate surface area is 107 Å². The molecule has 0 aliphatic carbocycles. The van der Waals surface area contributed by atoms with Gasteiger partial charge < -0.3 is 10.1 Å². The zero-order valence-electron chi connectivity index (χ0n) is 10.7. The molecule has 2 rings (SSSR count). The number of aromatic nitrogens is 1. The summed E-state index contributed by atoms with van der Waals surface area (Å²) in [5, 5.41) is 6.28. The molecular formula is C13H19N3O2. The third-order valence-corrected chi connectivity index (χ3v) is 2.83. The molecule has 0 radical (unpaired) electrons. The van der Waals surface area contributed by atoms with Crippen LogP contribution in [0.5, 0.6) is 0 Å². The van der Waals surface area contributed by atoms with Crippen molar-refractivity contribution in [2.24, 2.45) is 0 Å². The van der Waals surface area contributed by atoms with Gasteiger partial charge in [0.05, 0.1) is 18.2 Å². The summed E-state index contributed by atoms with van der Waals surface area (Å²) < 4.78 is 5.57. The van der Waals surface area contributed by atoms with E-state index in [1.807, 2.05) is 0 Å². The third-order valence-electron chi connectivity index (χ3n) is 2.83. The van der Waals surface area contributed by atoms with Crippen LogP contribution >= 0.6 is 0 Å². The van der Waals surface area contributed by atoms with E-state index in [4.69, 9.17) is 4.74 Å². The molecule has 0 saturated carbocycles. The van der Waals surface area contributed by atoms with Gasteiger partial charge in [0.2, 0.25) is 0 Å². The molecule has 1 aliphatic heterocycles. The van der Waals surface area contributed by atoms with Gasteiger partial charge in [-0.1, -0.05) is 0 Å². The van der Waals surface area contributed by atoms with Gasteiger partial charge in [-0.2, -0.15) is 0 Å². The van der Waals surface area contributed by atoms with E-state index in [1.54, 1.807) is 24.5 Å².